The number of rotatable bonds is 5. The maximum atomic E-state index is 4.15. The molecule has 15 heavy (non-hydrogen) atoms. The van der Waals surface area contributed by atoms with Crippen molar-refractivity contribution in [2.75, 3.05) is 14.1 Å². The summed E-state index contributed by atoms with van der Waals surface area (Å²) in [5.74, 6) is 0. The first-order chi connectivity index (χ1) is 7.29. The number of hydrogen-bond acceptors (Lipinski definition) is 3. The fourth-order valence-corrected chi connectivity index (χ4v) is 0.957. The summed E-state index contributed by atoms with van der Waals surface area (Å²) < 4.78 is 0. The quantitative estimate of drug-likeness (QED) is 0.486. The first kappa shape index (κ1) is 13.2. The maximum Gasteiger partial charge on any atom is 0.0673 e. The smallest absolute Gasteiger partial charge is 0.0673 e. The predicted octanol–water partition coefficient (Wildman–Crippen LogP) is 2.47. The molecular weight excluding hydrogens is 186 g/mol. The third kappa shape index (κ3) is 5.52. The molecule has 0 atom stereocenters. The number of nitrogens with zero attached hydrogens (tertiary/aromatic N) is 3. The second-order valence-electron chi connectivity index (χ2n) is 2.64. The van der Waals surface area contributed by atoms with Crippen molar-refractivity contribution in [1.82, 2.24) is 0 Å². The number of aliphatic imine (C=N–C) groups is 3. The Bertz CT molecular complexity index is 331. The van der Waals surface area contributed by atoms with Crippen LogP contribution in [0, 0.1) is 0 Å². The first-order valence-electron chi connectivity index (χ1n) is 4.64. The van der Waals surface area contributed by atoms with Crippen molar-refractivity contribution in [3.63, 3.8) is 0 Å². The van der Waals surface area contributed by atoms with Gasteiger partial charge in [0.2, 0.25) is 0 Å². The van der Waals surface area contributed by atoms with Crippen LogP contribution in [-0.4, -0.2) is 32.7 Å². The highest BCUT2D eigenvalue weighted by molar-refractivity contribution is 6.21. The molecule has 0 saturated heterocycles. The van der Waals surface area contributed by atoms with E-state index < -0.39 is 0 Å². The summed E-state index contributed by atoms with van der Waals surface area (Å²) in [6.45, 7) is 5.33. The fraction of sp³-hybridized carbons (Fsp3) is 0.250. The largest absolute Gasteiger partial charge is 0.296 e. The minimum Gasteiger partial charge on any atom is -0.296 e. The highest BCUT2D eigenvalue weighted by Crippen LogP contribution is 1.99. The molecule has 0 aromatic heterocycles. The van der Waals surface area contributed by atoms with E-state index in [2.05, 4.69) is 21.7 Å². The van der Waals surface area contributed by atoms with Crippen molar-refractivity contribution in [3.05, 3.63) is 36.1 Å². The van der Waals surface area contributed by atoms with Crippen molar-refractivity contribution in [1.29, 1.82) is 0 Å². The van der Waals surface area contributed by atoms with E-state index in [-0.39, 0.29) is 0 Å². The Balaban J connectivity index is 5.04. The zero-order valence-corrected chi connectivity index (χ0v) is 9.51. The molecule has 3 nitrogen and oxygen atoms in total. The summed E-state index contributed by atoms with van der Waals surface area (Å²) in [7, 11) is 3.46. The van der Waals surface area contributed by atoms with Crippen LogP contribution in [0.25, 0.3) is 0 Å². The molecule has 0 N–H and O–H groups in total. The molecule has 0 aromatic carbocycles. The van der Waals surface area contributed by atoms with Gasteiger partial charge < -0.3 is 0 Å². The SMILES string of the molecule is C=N\C=C/C(=N\C)C(/C=N\C)=C\C=C/C. The molecule has 0 bridgehead atoms. The lowest BCUT2D eigenvalue weighted by Gasteiger charge is -1.98. The number of hydrogen-bond donors (Lipinski definition) is 0. The van der Waals surface area contributed by atoms with Crippen molar-refractivity contribution in [2.24, 2.45) is 15.0 Å². The molecule has 0 fully saturated rings. The van der Waals surface area contributed by atoms with Crippen molar-refractivity contribution < 1.29 is 0 Å². The van der Waals surface area contributed by atoms with Gasteiger partial charge in [-0.15, -0.1) is 0 Å². The van der Waals surface area contributed by atoms with Crippen LogP contribution in [0.3, 0.4) is 0 Å². The molecule has 80 valence electrons. The van der Waals surface area contributed by atoms with Gasteiger partial charge in [0.25, 0.3) is 0 Å². The molecule has 0 amide bonds. The Morgan fingerprint density at radius 1 is 1.27 bits per heavy atom. The van der Waals surface area contributed by atoms with E-state index in [0.717, 1.165) is 11.3 Å². The van der Waals surface area contributed by atoms with Crippen molar-refractivity contribution >= 4 is 18.6 Å². The molecular formula is C12H17N3. The molecule has 0 aliphatic heterocycles. The Labute approximate surface area is 91.4 Å². The monoisotopic (exact) mass is 203 g/mol. The third-order valence-electron chi connectivity index (χ3n) is 1.61. The van der Waals surface area contributed by atoms with Crippen LogP contribution in [0.2, 0.25) is 0 Å². The Morgan fingerprint density at radius 3 is 2.47 bits per heavy atom. The van der Waals surface area contributed by atoms with Gasteiger partial charge in [0, 0.05) is 32.1 Å². The minimum atomic E-state index is 0.825. The second kappa shape index (κ2) is 8.81. The van der Waals surface area contributed by atoms with E-state index >= 15 is 0 Å². The minimum absolute atomic E-state index is 0.825. The lowest BCUT2D eigenvalue weighted by molar-refractivity contribution is 1.43. The molecule has 0 aliphatic rings. The molecule has 0 saturated carbocycles. The summed E-state index contributed by atoms with van der Waals surface area (Å²) in [4.78, 5) is 11.8. The molecule has 0 spiro atoms. The van der Waals surface area contributed by atoms with Gasteiger partial charge in [-0.3, -0.25) is 15.0 Å². The van der Waals surface area contributed by atoms with Crippen LogP contribution in [0.4, 0.5) is 0 Å². The average Bonchev–Trinajstić information content (AvgIpc) is 2.26. The van der Waals surface area contributed by atoms with Crippen LogP contribution < -0.4 is 0 Å². The van der Waals surface area contributed by atoms with Gasteiger partial charge in [0.15, 0.2) is 0 Å². The second-order valence-corrected chi connectivity index (χ2v) is 2.64. The van der Waals surface area contributed by atoms with Crippen LogP contribution in [0.1, 0.15) is 6.92 Å². The average molecular weight is 203 g/mol. The Morgan fingerprint density at radius 2 is 2.00 bits per heavy atom. The van der Waals surface area contributed by atoms with E-state index in [0.29, 0.717) is 0 Å². The fourth-order valence-electron chi connectivity index (χ4n) is 0.957. The van der Waals surface area contributed by atoms with Crippen LogP contribution in [0.15, 0.2) is 51.1 Å². The molecule has 3 heteroatoms. The lowest BCUT2D eigenvalue weighted by Crippen LogP contribution is -2.00. The van der Waals surface area contributed by atoms with E-state index in [4.69, 9.17) is 0 Å². The summed E-state index contributed by atoms with van der Waals surface area (Å²) in [6, 6.07) is 0. The molecule has 0 rings (SSSR count). The molecule has 0 radical (unpaired) electrons. The lowest BCUT2D eigenvalue weighted by atomic mass is 10.1. The third-order valence-corrected chi connectivity index (χ3v) is 1.61. The van der Waals surface area contributed by atoms with Crippen LogP contribution in [0.5, 0.6) is 0 Å². The van der Waals surface area contributed by atoms with E-state index in [1.165, 1.54) is 0 Å². The summed E-state index contributed by atoms with van der Waals surface area (Å²) in [6.07, 6.45) is 11.0. The standard InChI is InChI=1S/C12H17N3/c1-5-6-7-11(10-14-3)12(15-4)8-9-13-2/h5-10H,2H2,1,3-4H3/b6-5-,9-8-,11-7-,14-10-,15-12+. The highest BCUT2D eigenvalue weighted by Gasteiger charge is 1.97. The van der Waals surface area contributed by atoms with Gasteiger partial charge in [-0.2, -0.15) is 0 Å². The van der Waals surface area contributed by atoms with Gasteiger partial charge >= 0.3 is 0 Å². The van der Waals surface area contributed by atoms with Gasteiger partial charge in [0.05, 0.1) is 5.71 Å². The summed E-state index contributed by atoms with van der Waals surface area (Å²) in [5.41, 5.74) is 1.77. The number of allylic oxidation sites excluding steroid dienone is 5. The Kier molecular flexibility index (Phi) is 7.77. The van der Waals surface area contributed by atoms with Gasteiger partial charge in [-0.1, -0.05) is 18.2 Å². The predicted molar refractivity (Wildman–Crippen MR) is 69.4 cm³/mol. The maximum absolute atomic E-state index is 4.15. The molecule has 0 unspecified atom stereocenters. The highest BCUT2D eigenvalue weighted by atomic mass is 14.7. The van der Waals surface area contributed by atoms with E-state index in [1.807, 2.05) is 25.2 Å². The van der Waals surface area contributed by atoms with Gasteiger partial charge in [0.1, 0.15) is 0 Å². The zero-order chi connectivity index (χ0) is 11.5. The topological polar surface area (TPSA) is 37.1 Å². The van der Waals surface area contributed by atoms with E-state index in [1.54, 1.807) is 32.6 Å². The zero-order valence-electron chi connectivity index (χ0n) is 9.51. The van der Waals surface area contributed by atoms with Gasteiger partial charge in [-0.25, -0.2) is 0 Å². The van der Waals surface area contributed by atoms with Gasteiger partial charge in [-0.05, 0) is 19.7 Å². The molecule has 0 heterocycles. The van der Waals surface area contributed by atoms with E-state index in [9.17, 15) is 0 Å². The summed E-state index contributed by atoms with van der Waals surface area (Å²) >= 11 is 0. The van der Waals surface area contributed by atoms with Crippen LogP contribution >= 0.6 is 0 Å². The summed E-state index contributed by atoms with van der Waals surface area (Å²) in [5, 5.41) is 0. The van der Waals surface area contributed by atoms with Crippen molar-refractivity contribution in [2.45, 2.75) is 6.92 Å². The normalized spacial score (nSPS) is 14.6. The Hall–Kier alpha value is -1.77. The first-order valence-corrected chi connectivity index (χ1v) is 4.64. The molecule has 0 aromatic rings. The molecule has 0 aliphatic carbocycles. The van der Waals surface area contributed by atoms with Crippen LogP contribution in [-0.2, 0) is 0 Å². The van der Waals surface area contributed by atoms with Crippen molar-refractivity contribution in [3.8, 4) is 0 Å².